The number of H-pyrrole nitrogens is 1. The highest BCUT2D eigenvalue weighted by Gasteiger charge is 2.06. The normalized spacial score (nSPS) is 11.3. The molecule has 0 aliphatic carbocycles. The van der Waals surface area contributed by atoms with Crippen LogP contribution in [0.1, 0.15) is 0 Å². The number of nitrogens with zero attached hydrogens (tertiary/aromatic N) is 2. The van der Waals surface area contributed by atoms with E-state index in [0.717, 1.165) is 21.9 Å². The summed E-state index contributed by atoms with van der Waals surface area (Å²) in [7, 11) is 0. The lowest BCUT2D eigenvalue weighted by molar-refractivity contribution is 1.32. The van der Waals surface area contributed by atoms with Crippen LogP contribution < -0.4 is 5.73 Å². The Labute approximate surface area is 90.1 Å². The lowest BCUT2D eigenvalue weighted by Gasteiger charge is -1.93. The van der Waals surface area contributed by atoms with E-state index in [0.29, 0.717) is 10.8 Å². The summed E-state index contributed by atoms with van der Waals surface area (Å²) in [5.74, 6) is 0.489. The molecule has 0 saturated carbocycles. The molecule has 3 heterocycles. The van der Waals surface area contributed by atoms with E-state index in [1.165, 1.54) is 0 Å². The predicted molar refractivity (Wildman–Crippen MR) is 60.8 cm³/mol. The number of hydrogen-bond acceptors (Lipinski definition) is 3. The van der Waals surface area contributed by atoms with Crippen LogP contribution in [0.2, 0.25) is 5.02 Å². The molecule has 0 fully saturated rings. The molecule has 74 valence electrons. The lowest BCUT2D eigenvalue weighted by Crippen LogP contribution is -1.87. The van der Waals surface area contributed by atoms with Gasteiger partial charge in [0, 0.05) is 17.0 Å². The van der Waals surface area contributed by atoms with Crippen LogP contribution in [-0.2, 0) is 0 Å². The van der Waals surface area contributed by atoms with Gasteiger partial charge in [0.1, 0.15) is 11.5 Å². The van der Waals surface area contributed by atoms with Crippen molar-refractivity contribution in [3.05, 3.63) is 29.5 Å². The molecule has 15 heavy (non-hydrogen) atoms. The topological polar surface area (TPSA) is 67.6 Å². The molecule has 0 bridgehead atoms. The molecule has 0 aromatic carbocycles. The first-order chi connectivity index (χ1) is 7.24. The number of aromatic nitrogens is 3. The first-order valence-corrected chi connectivity index (χ1v) is 4.80. The minimum atomic E-state index is 0.489. The second-order valence-corrected chi connectivity index (χ2v) is 3.77. The molecule has 0 spiro atoms. The second-order valence-electron chi connectivity index (χ2n) is 3.33. The van der Waals surface area contributed by atoms with Gasteiger partial charge in [0.05, 0.1) is 16.7 Å². The minimum absolute atomic E-state index is 0.489. The van der Waals surface area contributed by atoms with E-state index in [9.17, 15) is 0 Å². The number of halogens is 1. The van der Waals surface area contributed by atoms with Gasteiger partial charge in [0.2, 0.25) is 0 Å². The average molecular weight is 219 g/mol. The van der Waals surface area contributed by atoms with Gasteiger partial charge in [-0.25, -0.2) is 9.97 Å². The van der Waals surface area contributed by atoms with Crippen molar-refractivity contribution in [1.82, 2.24) is 15.0 Å². The summed E-state index contributed by atoms with van der Waals surface area (Å²) in [5, 5.41) is 2.57. The number of nitrogens with one attached hydrogen (secondary N) is 1. The molecule has 4 nitrogen and oxygen atoms in total. The fourth-order valence-corrected chi connectivity index (χ4v) is 1.82. The summed E-state index contributed by atoms with van der Waals surface area (Å²) in [6.07, 6.45) is 3.30. The predicted octanol–water partition coefficient (Wildman–Crippen LogP) is 2.35. The van der Waals surface area contributed by atoms with Crippen LogP contribution in [0.25, 0.3) is 21.9 Å². The highest BCUT2D eigenvalue weighted by Crippen LogP contribution is 2.26. The zero-order valence-corrected chi connectivity index (χ0v) is 8.42. The Bertz CT molecular complexity index is 603. The van der Waals surface area contributed by atoms with E-state index in [2.05, 4.69) is 15.0 Å². The van der Waals surface area contributed by atoms with Crippen molar-refractivity contribution in [3.63, 3.8) is 0 Å². The van der Waals surface area contributed by atoms with Gasteiger partial charge in [-0.1, -0.05) is 11.6 Å². The van der Waals surface area contributed by atoms with Crippen molar-refractivity contribution in [2.45, 2.75) is 0 Å². The van der Waals surface area contributed by atoms with E-state index in [4.69, 9.17) is 17.3 Å². The Balaban J connectivity index is 2.55. The van der Waals surface area contributed by atoms with Crippen LogP contribution in [0, 0.1) is 0 Å². The summed E-state index contributed by atoms with van der Waals surface area (Å²) in [6.45, 7) is 0. The van der Waals surface area contributed by atoms with Crippen LogP contribution in [0.3, 0.4) is 0 Å². The molecule has 0 aliphatic rings. The number of nitrogen functional groups attached to an aromatic ring is 1. The summed E-state index contributed by atoms with van der Waals surface area (Å²) in [6, 6.07) is 3.67. The monoisotopic (exact) mass is 218 g/mol. The molecule has 3 aromatic heterocycles. The molecule has 0 amide bonds. The molecule has 5 heteroatoms. The van der Waals surface area contributed by atoms with Gasteiger partial charge in [0.25, 0.3) is 0 Å². The standard InChI is InChI=1S/C10H7ClN4/c11-5-1-7-6-2-9(12)13-4-8(6)15-10(7)14-3-5/h1-4H,(H2,12,13)(H,14,15). The van der Waals surface area contributed by atoms with Crippen LogP contribution in [0.15, 0.2) is 24.5 Å². The molecule has 3 N–H and O–H groups in total. The largest absolute Gasteiger partial charge is 0.384 e. The zero-order valence-electron chi connectivity index (χ0n) is 7.66. The smallest absolute Gasteiger partial charge is 0.138 e. The Morgan fingerprint density at radius 3 is 2.87 bits per heavy atom. The molecular formula is C10H7ClN4. The Morgan fingerprint density at radius 1 is 1.13 bits per heavy atom. The third kappa shape index (κ3) is 1.22. The quantitative estimate of drug-likeness (QED) is 0.609. The number of aromatic amines is 1. The van der Waals surface area contributed by atoms with Gasteiger partial charge >= 0.3 is 0 Å². The maximum atomic E-state index is 5.89. The highest BCUT2D eigenvalue weighted by atomic mass is 35.5. The van der Waals surface area contributed by atoms with Crippen LogP contribution in [-0.4, -0.2) is 15.0 Å². The SMILES string of the molecule is Nc1cc2c(cn1)[nH]c1ncc(Cl)cc12. The van der Waals surface area contributed by atoms with Crippen molar-refractivity contribution >= 4 is 39.4 Å². The van der Waals surface area contributed by atoms with Crippen LogP contribution >= 0.6 is 11.6 Å². The Morgan fingerprint density at radius 2 is 2.00 bits per heavy atom. The first kappa shape index (κ1) is 8.49. The molecule has 0 saturated heterocycles. The number of anilines is 1. The van der Waals surface area contributed by atoms with Gasteiger partial charge in [-0.3, -0.25) is 0 Å². The zero-order chi connectivity index (χ0) is 10.4. The van der Waals surface area contributed by atoms with E-state index < -0.39 is 0 Å². The van der Waals surface area contributed by atoms with Crippen LogP contribution in [0.5, 0.6) is 0 Å². The van der Waals surface area contributed by atoms with Crippen molar-refractivity contribution in [3.8, 4) is 0 Å². The molecule has 0 radical (unpaired) electrons. The van der Waals surface area contributed by atoms with Gasteiger partial charge in [0.15, 0.2) is 0 Å². The number of fused-ring (bicyclic) bond motifs is 3. The van der Waals surface area contributed by atoms with Crippen molar-refractivity contribution < 1.29 is 0 Å². The third-order valence-corrected chi connectivity index (χ3v) is 2.53. The third-order valence-electron chi connectivity index (χ3n) is 2.32. The number of rotatable bonds is 0. The highest BCUT2D eigenvalue weighted by molar-refractivity contribution is 6.31. The van der Waals surface area contributed by atoms with Crippen molar-refractivity contribution in [2.75, 3.05) is 5.73 Å². The first-order valence-electron chi connectivity index (χ1n) is 4.42. The summed E-state index contributed by atoms with van der Waals surface area (Å²) in [5.41, 5.74) is 7.34. The van der Waals surface area contributed by atoms with E-state index in [1.54, 1.807) is 12.4 Å². The maximum Gasteiger partial charge on any atom is 0.138 e. The number of pyridine rings is 2. The average Bonchev–Trinajstić information content (AvgIpc) is 2.56. The Hall–Kier alpha value is -1.81. The van der Waals surface area contributed by atoms with Gasteiger partial charge < -0.3 is 10.7 Å². The Kier molecular flexibility index (Phi) is 1.61. The summed E-state index contributed by atoms with van der Waals surface area (Å²) < 4.78 is 0. The van der Waals surface area contributed by atoms with Crippen molar-refractivity contribution in [2.24, 2.45) is 0 Å². The molecule has 0 unspecified atom stereocenters. The van der Waals surface area contributed by atoms with E-state index in [-0.39, 0.29) is 0 Å². The second kappa shape index (κ2) is 2.84. The van der Waals surface area contributed by atoms with Crippen LogP contribution in [0.4, 0.5) is 5.82 Å². The van der Waals surface area contributed by atoms with E-state index >= 15 is 0 Å². The number of hydrogen-bond donors (Lipinski definition) is 2. The summed E-state index contributed by atoms with van der Waals surface area (Å²) >= 11 is 5.89. The lowest BCUT2D eigenvalue weighted by atomic mass is 10.2. The van der Waals surface area contributed by atoms with Gasteiger partial charge in [-0.05, 0) is 12.1 Å². The van der Waals surface area contributed by atoms with Gasteiger partial charge in [-0.2, -0.15) is 0 Å². The minimum Gasteiger partial charge on any atom is -0.384 e. The number of nitrogens with two attached hydrogens (primary N) is 1. The summed E-state index contributed by atoms with van der Waals surface area (Å²) in [4.78, 5) is 11.3. The molecule has 0 atom stereocenters. The fourth-order valence-electron chi connectivity index (χ4n) is 1.67. The molecular weight excluding hydrogens is 212 g/mol. The molecule has 3 aromatic rings. The fraction of sp³-hybridized carbons (Fsp3) is 0. The maximum absolute atomic E-state index is 5.89. The van der Waals surface area contributed by atoms with Gasteiger partial charge in [-0.15, -0.1) is 0 Å². The van der Waals surface area contributed by atoms with Crippen molar-refractivity contribution in [1.29, 1.82) is 0 Å². The molecule has 0 aliphatic heterocycles. The van der Waals surface area contributed by atoms with E-state index in [1.807, 2.05) is 12.1 Å². The molecule has 3 rings (SSSR count).